The van der Waals surface area contributed by atoms with Crippen LogP contribution in [-0.2, 0) is 11.2 Å². The van der Waals surface area contributed by atoms with E-state index >= 15 is 0 Å². The number of hydrogen-bond acceptors (Lipinski definition) is 5. The van der Waals surface area contributed by atoms with Gasteiger partial charge in [0.25, 0.3) is 0 Å². The molecule has 0 saturated heterocycles. The molecule has 3 N–H and O–H groups in total. The molecule has 6 heteroatoms. The second-order valence-corrected chi connectivity index (χ2v) is 6.12. The zero-order valence-electron chi connectivity index (χ0n) is 11.7. The van der Waals surface area contributed by atoms with Gasteiger partial charge >= 0.3 is 5.97 Å². The predicted molar refractivity (Wildman–Crippen MR) is 83.7 cm³/mol. The van der Waals surface area contributed by atoms with Crippen molar-refractivity contribution in [2.75, 3.05) is 18.5 Å². The summed E-state index contributed by atoms with van der Waals surface area (Å²) in [4.78, 5) is 17.5. The Morgan fingerprint density at radius 1 is 1.52 bits per heavy atom. The predicted octanol–water partition coefficient (Wildman–Crippen LogP) is 2.28. The first-order valence-corrected chi connectivity index (χ1v) is 7.72. The van der Waals surface area contributed by atoms with Gasteiger partial charge in [0.15, 0.2) is 0 Å². The summed E-state index contributed by atoms with van der Waals surface area (Å²) in [5.41, 5.74) is 9.62. The molecular weight excluding hydrogens is 286 g/mol. The second kappa shape index (κ2) is 5.46. The van der Waals surface area contributed by atoms with Crippen LogP contribution in [0.4, 0.5) is 5.69 Å². The molecule has 1 aromatic heterocycles. The minimum absolute atomic E-state index is 0.414. The van der Waals surface area contributed by atoms with Gasteiger partial charge in [-0.3, -0.25) is 4.79 Å². The summed E-state index contributed by atoms with van der Waals surface area (Å²) in [6.07, 6.45) is 2.22. The molecule has 110 valence electrons. The van der Waals surface area contributed by atoms with E-state index in [1.807, 2.05) is 6.07 Å². The van der Waals surface area contributed by atoms with Crippen LogP contribution in [0, 0.1) is 0 Å². The lowest BCUT2D eigenvalue weighted by atomic mass is 10.00. The van der Waals surface area contributed by atoms with Crippen LogP contribution in [0.25, 0.3) is 10.6 Å². The van der Waals surface area contributed by atoms with Crippen LogP contribution in [0.2, 0.25) is 0 Å². The fourth-order valence-corrected chi connectivity index (χ4v) is 3.46. The highest BCUT2D eigenvalue weighted by molar-refractivity contribution is 7.13. The fourth-order valence-electron chi connectivity index (χ4n) is 2.61. The number of carbonyl (C=O) groups is 1. The Hall–Kier alpha value is -1.92. The van der Waals surface area contributed by atoms with E-state index in [1.165, 1.54) is 22.6 Å². The summed E-state index contributed by atoms with van der Waals surface area (Å²) in [5.74, 6) is -1.06. The Bertz CT molecular complexity index is 683. The van der Waals surface area contributed by atoms with Crippen LogP contribution < -0.4 is 10.6 Å². The van der Waals surface area contributed by atoms with Crippen LogP contribution in [0.3, 0.4) is 0 Å². The Balaban J connectivity index is 1.93. The number of aromatic nitrogens is 1. The summed E-state index contributed by atoms with van der Waals surface area (Å²) in [6, 6.07) is 5.25. The number of anilines is 1. The molecule has 3 rings (SSSR count). The minimum Gasteiger partial charge on any atom is -0.480 e. The lowest BCUT2D eigenvalue weighted by molar-refractivity contribution is -0.138. The van der Waals surface area contributed by atoms with E-state index in [-0.39, 0.29) is 0 Å². The molecule has 1 unspecified atom stereocenters. The van der Waals surface area contributed by atoms with E-state index in [1.54, 1.807) is 5.38 Å². The molecule has 21 heavy (non-hydrogen) atoms. The maximum atomic E-state index is 10.9. The first-order valence-electron chi connectivity index (χ1n) is 6.84. The molecule has 1 atom stereocenters. The van der Waals surface area contributed by atoms with E-state index < -0.39 is 12.0 Å². The van der Waals surface area contributed by atoms with E-state index in [2.05, 4.69) is 29.1 Å². The van der Waals surface area contributed by atoms with Crippen molar-refractivity contribution in [1.29, 1.82) is 0 Å². The lowest BCUT2D eigenvalue weighted by Gasteiger charge is -2.27. The van der Waals surface area contributed by atoms with Gasteiger partial charge in [0.05, 0.1) is 5.69 Å². The zero-order valence-corrected chi connectivity index (χ0v) is 12.6. The normalized spacial score (nSPS) is 15.6. The molecule has 1 aliphatic rings. The largest absolute Gasteiger partial charge is 0.480 e. The molecule has 2 aromatic rings. The summed E-state index contributed by atoms with van der Waals surface area (Å²) >= 11 is 1.43. The molecule has 1 aromatic carbocycles. The molecule has 0 amide bonds. The van der Waals surface area contributed by atoms with Crippen LogP contribution in [0.1, 0.15) is 23.7 Å². The van der Waals surface area contributed by atoms with Gasteiger partial charge in [0.2, 0.25) is 0 Å². The molecule has 0 fully saturated rings. The van der Waals surface area contributed by atoms with Crippen molar-refractivity contribution >= 4 is 23.0 Å². The number of fused-ring (bicyclic) bond motifs is 1. The van der Waals surface area contributed by atoms with Gasteiger partial charge in [-0.15, -0.1) is 11.3 Å². The molecule has 5 nitrogen and oxygen atoms in total. The monoisotopic (exact) mass is 303 g/mol. The van der Waals surface area contributed by atoms with Crippen molar-refractivity contribution in [2.45, 2.75) is 18.9 Å². The van der Waals surface area contributed by atoms with Crippen molar-refractivity contribution in [3.8, 4) is 10.6 Å². The third-order valence-electron chi connectivity index (χ3n) is 3.78. The quantitative estimate of drug-likeness (QED) is 0.909. The number of carboxylic acids is 1. The van der Waals surface area contributed by atoms with E-state index in [9.17, 15) is 4.79 Å². The van der Waals surface area contributed by atoms with Crippen molar-refractivity contribution in [1.82, 2.24) is 4.98 Å². The van der Waals surface area contributed by atoms with E-state index in [0.717, 1.165) is 30.0 Å². The first kappa shape index (κ1) is 14.0. The van der Waals surface area contributed by atoms with Crippen molar-refractivity contribution in [3.05, 3.63) is 34.8 Å². The molecule has 2 heterocycles. The van der Waals surface area contributed by atoms with Crippen LogP contribution in [0.15, 0.2) is 23.6 Å². The molecule has 0 saturated carbocycles. The number of nitrogens with two attached hydrogens (primary N) is 1. The summed E-state index contributed by atoms with van der Waals surface area (Å²) in [7, 11) is 2.10. The molecule has 0 bridgehead atoms. The summed E-state index contributed by atoms with van der Waals surface area (Å²) in [5, 5.41) is 11.5. The summed E-state index contributed by atoms with van der Waals surface area (Å²) < 4.78 is 0. The summed E-state index contributed by atoms with van der Waals surface area (Å²) in [6.45, 7) is 1.08. The van der Waals surface area contributed by atoms with E-state index in [0.29, 0.717) is 5.69 Å². The standard InChI is InChI=1S/C15H17N3O2S/c1-18-6-2-3-9-7-10(4-5-12(9)18)14-17-11(8-21-14)13(16)15(19)20/h4-5,7-8,13H,2-3,6,16H2,1H3,(H,19,20). The Morgan fingerprint density at radius 3 is 3.10 bits per heavy atom. The zero-order chi connectivity index (χ0) is 15.0. The van der Waals surface area contributed by atoms with Crippen LogP contribution in [0.5, 0.6) is 0 Å². The molecule has 0 radical (unpaired) electrons. The number of aliphatic carboxylic acids is 1. The number of aryl methyl sites for hydroxylation is 1. The van der Waals surface area contributed by atoms with Crippen molar-refractivity contribution in [2.24, 2.45) is 5.73 Å². The van der Waals surface area contributed by atoms with E-state index in [4.69, 9.17) is 10.8 Å². The van der Waals surface area contributed by atoms with Gasteiger partial charge in [-0.25, -0.2) is 4.98 Å². The highest BCUT2D eigenvalue weighted by Gasteiger charge is 2.19. The van der Waals surface area contributed by atoms with Crippen molar-refractivity contribution < 1.29 is 9.90 Å². The Morgan fingerprint density at radius 2 is 2.33 bits per heavy atom. The third-order valence-corrected chi connectivity index (χ3v) is 4.69. The highest BCUT2D eigenvalue weighted by Crippen LogP contribution is 2.32. The number of nitrogens with zero attached hydrogens (tertiary/aromatic N) is 2. The minimum atomic E-state index is -1.06. The number of benzene rings is 1. The molecular formula is C15H17N3O2S. The Kier molecular flexibility index (Phi) is 3.65. The molecule has 1 aliphatic heterocycles. The van der Waals surface area contributed by atoms with Gasteiger partial charge in [-0.2, -0.15) is 0 Å². The smallest absolute Gasteiger partial charge is 0.326 e. The molecule has 0 spiro atoms. The van der Waals surface area contributed by atoms with Gasteiger partial charge in [0, 0.05) is 30.2 Å². The SMILES string of the molecule is CN1CCCc2cc(-c3nc(C(N)C(=O)O)cs3)ccc21. The Labute approximate surface area is 127 Å². The highest BCUT2D eigenvalue weighted by atomic mass is 32.1. The maximum absolute atomic E-state index is 10.9. The third kappa shape index (κ3) is 2.64. The maximum Gasteiger partial charge on any atom is 0.326 e. The average Bonchev–Trinajstić information content (AvgIpc) is 2.96. The number of rotatable bonds is 3. The first-order chi connectivity index (χ1) is 10.1. The van der Waals surface area contributed by atoms with Gasteiger partial charge in [0.1, 0.15) is 11.0 Å². The van der Waals surface area contributed by atoms with Gasteiger partial charge in [-0.05, 0) is 36.6 Å². The van der Waals surface area contributed by atoms with Crippen LogP contribution >= 0.6 is 11.3 Å². The van der Waals surface area contributed by atoms with Gasteiger partial charge in [-0.1, -0.05) is 0 Å². The van der Waals surface area contributed by atoms with Gasteiger partial charge < -0.3 is 15.7 Å². The fraction of sp³-hybridized carbons (Fsp3) is 0.333. The topological polar surface area (TPSA) is 79.5 Å². The van der Waals surface area contributed by atoms with Crippen LogP contribution in [-0.4, -0.2) is 29.7 Å². The average molecular weight is 303 g/mol. The number of thiazole rings is 1. The van der Waals surface area contributed by atoms with Crippen molar-refractivity contribution in [3.63, 3.8) is 0 Å². The molecule has 0 aliphatic carbocycles. The lowest BCUT2D eigenvalue weighted by Crippen LogP contribution is -2.24. The second-order valence-electron chi connectivity index (χ2n) is 5.26. The number of hydrogen-bond donors (Lipinski definition) is 2. The number of carboxylic acid groups (broad SMARTS) is 1.